The Kier molecular flexibility index (Phi) is 2.80. The van der Waals surface area contributed by atoms with Crippen molar-refractivity contribution in [2.75, 3.05) is 11.4 Å². The van der Waals surface area contributed by atoms with Gasteiger partial charge in [0.2, 0.25) is 0 Å². The predicted octanol–water partition coefficient (Wildman–Crippen LogP) is 3.17. The highest BCUT2D eigenvalue weighted by atomic mass is 32.1. The molecule has 118 valence electrons. The third kappa shape index (κ3) is 2.01. The van der Waals surface area contributed by atoms with E-state index in [1.807, 2.05) is 0 Å². The summed E-state index contributed by atoms with van der Waals surface area (Å²) >= 11 is 1.70. The van der Waals surface area contributed by atoms with Crippen LogP contribution in [0.2, 0.25) is 0 Å². The Labute approximate surface area is 139 Å². The lowest BCUT2D eigenvalue weighted by Crippen LogP contribution is -2.32. The van der Waals surface area contributed by atoms with Gasteiger partial charge in [0.1, 0.15) is 22.8 Å². The molecular weight excluding hydrogens is 306 g/mol. The van der Waals surface area contributed by atoms with Gasteiger partial charge in [0.15, 0.2) is 0 Å². The minimum Gasteiger partial charge on any atom is -0.350 e. The summed E-state index contributed by atoms with van der Waals surface area (Å²) < 4.78 is 2.34. The van der Waals surface area contributed by atoms with Crippen LogP contribution in [0, 0.1) is 6.92 Å². The van der Waals surface area contributed by atoms with Crippen molar-refractivity contribution in [3.63, 3.8) is 0 Å². The third-order valence-corrected chi connectivity index (χ3v) is 6.07. The maximum absolute atomic E-state index is 4.96. The fraction of sp³-hybridized carbons (Fsp3) is 0.471. The van der Waals surface area contributed by atoms with Crippen LogP contribution in [0.5, 0.6) is 0 Å². The van der Waals surface area contributed by atoms with Gasteiger partial charge in [-0.05, 0) is 30.7 Å². The highest BCUT2D eigenvalue weighted by molar-refractivity contribution is 7.17. The largest absolute Gasteiger partial charge is 0.350 e. The number of thiophene rings is 1. The van der Waals surface area contributed by atoms with E-state index in [9.17, 15) is 0 Å². The summed E-state index contributed by atoms with van der Waals surface area (Å²) in [7, 11) is 2.18. The average Bonchev–Trinajstić information content (AvgIpc) is 3.27. The van der Waals surface area contributed by atoms with E-state index in [0.29, 0.717) is 5.92 Å². The van der Waals surface area contributed by atoms with Crippen molar-refractivity contribution in [3.8, 4) is 0 Å². The molecule has 1 aliphatic carbocycles. The summed E-state index contributed by atoms with van der Waals surface area (Å²) in [5, 5.41) is 3.38. The van der Waals surface area contributed by atoms with Crippen LogP contribution in [0.4, 0.5) is 5.82 Å². The molecule has 4 heterocycles. The van der Waals surface area contributed by atoms with E-state index in [4.69, 9.17) is 4.98 Å². The molecule has 0 N–H and O–H groups in total. The minimum absolute atomic E-state index is 0.698. The van der Waals surface area contributed by atoms with Gasteiger partial charge >= 0.3 is 0 Å². The fourth-order valence-corrected chi connectivity index (χ4v) is 4.56. The van der Waals surface area contributed by atoms with E-state index < -0.39 is 0 Å². The normalized spacial score (nSPS) is 17.7. The molecule has 2 aliphatic rings. The smallest absolute Gasteiger partial charge is 0.141 e. The van der Waals surface area contributed by atoms with Crippen molar-refractivity contribution in [3.05, 3.63) is 34.5 Å². The van der Waals surface area contributed by atoms with Crippen molar-refractivity contribution in [2.45, 2.75) is 38.6 Å². The van der Waals surface area contributed by atoms with Gasteiger partial charge in [-0.2, -0.15) is 0 Å². The van der Waals surface area contributed by atoms with Gasteiger partial charge in [-0.25, -0.2) is 15.0 Å². The second kappa shape index (κ2) is 4.77. The Bertz CT molecular complexity index is 905. The summed E-state index contributed by atoms with van der Waals surface area (Å²) in [5.74, 6) is 3.05. The third-order valence-electron chi connectivity index (χ3n) is 5.07. The van der Waals surface area contributed by atoms with Crippen molar-refractivity contribution in [1.29, 1.82) is 0 Å². The molecular formula is C17H19N5S. The lowest BCUT2D eigenvalue weighted by molar-refractivity contribution is 0.672. The van der Waals surface area contributed by atoms with Gasteiger partial charge in [0.05, 0.1) is 17.6 Å². The van der Waals surface area contributed by atoms with Crippen molar-refractivity contribution >= 4 is 27.4 Å². The number of rotatable bonds is 2. The Morgan fingerprint density at radius 1 is 1.26 bits per heavy atom. The molecule has 1 saturated carbocycles. The van der Waals surface area contributed by atoms with Crippen LogP contribution in [0.1, 0.15) is 41.5 Å². The second-order valence-corrected chi connectivity index (χ2v) is 7.52. The van der Waals surface area contributed by atoms with Crippen molar-refractivity contribution < 1.29 is 0 Å². The van der Waals surface area contributed by atoms with Crippen LogP contribution in [-0.2, 0) is 20.0 Å². The molecule has 5 rings (SSSR count). The molecule has 3 aromatic rings. The summed E-state index contributed by atoms with van der Waals surface area (Å²) in [6.07, 6.45) is 5.33. The zero-order chi connectivity index (χ0) is 15.6. The van der Waals surface area contributed by atoms with E-state index in [1.165, 1.54) is 41.0 Å². The summed E-state index contributed by atoms with van der Waals surface area (Å²) in [6, 6.07) is 0. The number of nitrogens with zero attached hydrogens (tertiary/aromatic N) is 5. The highest BCUT2D eigenvalue weighted by Gasteiger charge is 2.32. The van der Waals surface area contributed by atoms with Gasteiger partial charge in [-0.1, -0.05) is 0 Å². The van der Waals surface area contributed by atoms with Gasteiger partial charge in [-0.15, -0.1) is 11.3 Å². The first-order valence-electron chi connectivity index (χ1n) is 8.20. The van der Waals surface area contributed by atoms with Gasteiger partial charge in [0.25, 0.3) is 0 Å². The van der Waals surface area contributed by atoms with Crippen LogP contribution >= 0.6 is 11.3 Å². The standard InChI is InChI=1S/C17H19N5S/c1-10-8-23-17-14(10)16(18-9-19-17)22-6-5-13-12(7-22)20-15(21(13)2)11-3-4-11/h8-9,11H,3-7H2,1-2H3. The van der Waals surface area contributed by atoms with E-state index in [-0.39, 0.29) is 0 Å². The maximum Gasteiger partial charge on any atom is 0.141 e. The van der Waals surface area contributed by atoms with Gasteiger partial charge < -0.3 is 9.47 Å². The molecule has 6 heteroatoms. The Hall–Kier alpha value is -1.95. The zero-order valence-electron chi connectivity index (χ0n) is 13.4. The number of imidazole rings is 1. The number of hydrogen-bond acceptors (Lipinski definition) is 5. The first kappa shape index (κ1) is 13.5. The maximum atomic E-state index is 4.96. The summed E-state index contributed by atoms with van der Waals surface area (Å²) in [4.78, 5) is 17.4. The minimum atomic E-state index is 0.698. The van der Waals surface area contributed by atoms with Crippen LogP contribution in [0.15, 0.2) is 11.7 Å². The predicted molar refractivity (Wildman–Crippen MR) is 92.1 cm³/mol. The lowest BCUT2D eigenvalue weighted by atomic mass is 10.1. The molecule has 3 aromatic heterocycles. The number of fused-ring (bicyclic) bond motifs is 2. The molecule has 1 aliphatic heterocycles. The molecule has 0 aromatic carbocycles. The first-order valence-corrected chi connectivity index (χ1v) is 9.08. The monoisotopic (exact) mass is 325 g/mol. The van der Waals surface area contributed by atoms with Crippen LogP contribution in [0.3, 0.4) is 0 Å². The van der Waals surface area contributed by atoms with Crippen LogP contribution in [-0.4, -0.2) is 26.1 Å². The molecule has 23 heavy (non-hydrogen) atoms. The molecule has 0 saturated heterocycles. The fourth-order valence-electron chi connectivity index (χ4n) is 3.67. The van der Waals surface area contributed by atoms with Crippen LogP contribution in [0.25, 0.3) is 10.2 Å². The number of aryl methyl sites for hydroxylation is 1. The van der Waals surface area contributed by atoms with E-state index in [0.717, 1.165) is 30.2 Å². The molecule has 0 bridgehead atoms. The second-order valence-electron chi connectivity index (χ2n) is 6.66. The molecule has 1 fully saturated rings. The first-order chi connectivity index (χ1) is 11.2. The average molecular weight is 325 g/mol. The number of aromatic nitrogens is 4. The summed E-state index contributed by atoms with van der Waals surface area (Å²) in [6.45, 7) is 4.00. The number of hydrogen-bond donors (Lipinski definition) is 0. The highest BCUT2D eigenvalue weighted by Crippen LogP contribution is 2.41. The van der Waals surface area contributed by atoms with E-state index in [1.54, 1.807) is 17.7 Å². The van der Waals surface area contributed by atoms with E-state index in [2.05, 4.69) is 38.8 Å². The quantitative estimate of drug-likeness (QED) is 0.726. The number of anilines is 1. The molecule has 5 nitrogen and oxygen atoms in total. The van der Waals surface area contributed by atoms with Crippen molar-refractivity contribution in [1.82, 2.24) is 19.5 Å². The molecule has 0 spiro atoms. The summed E-state index contributed by atoms with van der Waals surface area (Å²) in [5.41, 5.74) is 3.92. The molecule has 0 amide bonds. The lowest BCUT2D eigenvalue weighted by Gasteiger charge is -2.28. The van der Waals surface area contributed by atoms with Gasteiger partial charge in [-0.3, -0.25) is 0 Å². The van der Waals surface area contributed by atoms with Crippen molar-refractivity contribution in [2.24, 2.45) is 7.05 Å². The van der Waals surface area contributed by atoms with Crippen LogP contribution < -0.4 is 4.90 Å². The topological polar surface area (TPSA) is 46.8 Å². The van der Waals surface area contributed by atoms with Gasteiger partial charge in [0, 0.05) is 31.6 Å². The molecule has 0 atom stereocenters. The Morgan fingerprint density at radius 2 is 2.13 bits per heavy atom. The SMILES string of the molecule is Cc1csc2ncnc(N3CCc4c(nc(C5CC5)n4C)C3)c12. The zero-order valence-corrected chi connectivity index (χ0v) is 14.2. The Balaban J connectivity index is 1.56. The Morgan fingerprint density at radius 3 is 2.96 bits per heavy atom. The molecule has 0 unspecified atom stereocenters. The molecule has 0 radical (unpaired) electrons. The van der Waals surface area contributed by atoms with E-state index >= 15 is 0 Å².